The quantitative estimate of drug-likeness (QED) is 0.737. The number of carbonyl (C=O) groups excluding carboxylic acids is 1. The number of ether oxygens (including phenoxy) is 1. The molecule has 0 radical (unpaired) electrons. The molecule has 17 heavy (non-hydrogen) atoms. The van der Waals surface area contributed by atoms with E-state index in [4.69, 9.17) is 9.84 Å². The van der Waals surface area contributed by atoms with Gasteiger partial charge < -0.3 is 15.2 Å². The van der Waals surface area contributed by atoms with Crippen LogP contribution in [-0.2, 0) is 14.3 Å². The van der Waals surface area contributed by atoms with Crippen molar-refractivity contribution in [2.24, 2.45) is 0 Å². The Bertz CT molecular complexity index is 261. The van der Waals surface area contributed by atoms with Crippen LogP contribution < -0.4 is 5.32 Å². The van der Waals surface area contributed by atoms with Gasteiger partial charge >= 0.3 is 5.97 Å². The summed E-state index contributed by atoms with van der Waals surface area (Å²) in [5, 5.41) is 11.5. The second kappa shape index (κ2) is 7.27. The topological polar surface area (TPSA) is 75.6 Å². The number of rotatable bonds is 6. The van der Waals surface area contributed by atoms with Gasteiger partial charge in [0, 0.05) is 12.5 Å². The molecule has 0 heterocycles. The van der Waals surface area contributed by atoms with Crippen LogP contribution >= 0.6 is 0 Å². The number of amides is 1. The summed E-state index contributed by atoms with van der Waals surface area (Å²) in [6.07, 6.45) is 5.10. The highest BCUT2D eigenvalue weighted by Crippen LogP contribution is 2.17. The van der Waals surface area contributed by atoms with Gasteiger partial charge in [-0.05, 0) is 19.8 Å². The highest BCUT2D eigenvalue weighted by Gasteiger charge is 2.16. The van der Waals surface area contributed by atoms with Crippen LogP contribution in [0.5, 0.6) is 0 Å². The molecular weight excluding hydrogens is 222 g/mol. The third kappa shape index (κ3) is 5.68. The highest BCUT2D eigenvalue weighted by molar-refractivity contribution is 5.76. The van der Waals surface area contributed by atoms with Crippen LogP contribution in [-0.4, -0.2) is 35.7 Å². The fourth-order valence-corrected chi connectivity index (χ4v) is 1.95. The van der Waals surface area contributed by atoms with Gasteiger partial charge in [0.2, 0.25) is 5.91 Å². The summed E-state index contributed by atoms with van der Waals surface area (Å²) < 4.78 is 5.00. The average Bonchev–Trinajstić information content (AvgIpc) is 2.30. The number of hydrogen-bond acceptors (Lipinski definition) is 3. The van der Waals surface area contributed by atoms with Crippen molar-refractivity contribution in [3.63, 3.8) is 0 Å². The van der Waals surface area contributed by atoms with Crippen LogP contribution in [0.15, 0.2) is 0 Å². The van der Waals surface area contributed by atoms with Crippen molar-refractivity contribution in [1.82, 2.24) is 5.32 Å². The van der Waals surface area contributed by atoms with E-state index in [1.54, 1.807) is 0 Å². The molecule has 0 aromatic rings. The molecule has 0 saturated heterocycles. The summed E-state index contributed by atoms with van der Waals surface area (Å²) in [7, 11) is 0. The third-order valence-electron chi connectivity index (χ3n) is 3.02. The zero-order valence-electron chi connectivity index (χ0n) is 10.3. The molecule has 98 valence electrons. The lowest BCUT2D eigenvalue weighted by molar-refractivity contribution is -0.149. The SMILES string of the molecule is CC(OCCC(=O)NC1CCCCC1)C(=O)O. The molecule has 1 aliphatic rings. The van der Waals surface area contributed by atoms with Crippen LogP contribution in [0.1, 0.15) is 45.4 Å². The molecule has 2 N–H and O–H groups in total. The molecule has 1 aliphatic carbocycles. The first-order valence-corrected chi connectivity index (χ1v) is 6.23. The van der Waals surface area contributed by atoms with Crippen molar-refractivity contribution >= 4 is 11.9 Å². The first kappa shape index (κ1) is 14.0. The molecule has 5 nitrogen and oxygen atoms in total. The van der Waals surface area contributed by atoms with Gasteiger partial charge in [0.15, 0.2) is 6.10 Å². The van der Waals surface area contributed by atoms with Crippen molar-refractivity contribution in [3.05, 3.63) is 0 Å². The molecule has 1 amide bonds. The lowest BCUT2D eigenvalue weighted by Gasteiger charge is -2.22. The van der Waals surface area contributed by atoms with Gasteiger partial charge in [-0.25, -0.2) is 4.79 Å². The van der Waals surface area contributed by atoms with E-state index in [0.29, 0.717) is 6.04 Å². The predicted octanol–water partition coefficient (Wildman–Crippen LogP) is 1.32. The van der Waals surface area contributed by atoms with Crippen molar-refractivity contribution < 1.29 is 19.4 Å². The molecule has 0 aromatic carbocycles. The van der Waals surface area contributed by atoms with Gasteiger partial charge in [-0.2, -0.15) is 0 Å². The number of hydrogen-bond donors (Lipinski definition) is 2. The Labute approximate surface area is 102 Å². The summed E-state index contributed by atoms with van der Waals surface area (Å²) in [4.78, 5) is 22.0. The molecular formula is C12H21NO4. The maximum atomic E-state index is 11.5. The molecule has 0 aliphatic heterocycles. The molecule has 1 fully saturated rings. The summed E-state index contributed by atoms with van der Waals surface area (Å²) >= 11 is 0. The first-order valence-electron chi connectivity index (χ1n) is 6.23. The van der Waals surface area contributed by atoms with Crippen LogP contribution in [0.4, 0.5) is 0 Å². The molecule has 0 bridgehead atoms. The minimum Gasteiger partial charge on any atom is -0.479 e. The number of carboxylic acids is 1. The molecule has 0 aromatic heterocycles. The van der Waals surface area contributed by atoms with Gasteiger partial charge in [-0.1, -0.05) is 19.3 Å². The Balaban J connectivity index is 2.10. The number of aliphatic carboxylic acids is 1. The Hall–Kier alpha value is -1.10. The Morgan fingerprint density at radius 1 is 1.35 bits per heavy atom. The summed E-state index contributed by atoms with van der Waals surface area (Å²) in [5.74, 6) is -1.05. The van der Waals surface area contributed by atoms with Crippen molar-refractivity contribution in [2.45, 2.75) is 57.6 Å². The first-order chi connectivity index (χ1) is 8.09. The lowest BCUT2D eigenvalue weighted by Crippen LogP contribution is -2.36. The molecule has 1 rings (SSSR count). The monoisotopic (exact) mass is 243 g/mol. The second-order valence-electron chi connectivity index (χ2n) is 4.50. The van der Waals surface area contributed by atoms with E-state index in [1.807, 2.05) is 0 Å². The van der Waals surface area contributed by atoms with E-state index >= 15 is 0 Å². The zero-order valence-corrected chi connectivity index (χ0v) is 10.3. The minimum absolute atomic E-state index is 0.0468. The van der Waals surface area contributed by atoms with E-state index in [2.05, 4.69) is 5.32 Å². The van der Waals surface area contributed by atoms with Gasteiger partial charge in [0.05, 0.1) is 6.61 Å². The Morgan fingerprint density at radius 3 is 2.59 bits per heavy atom. The van der Waals surface area contributed by atoms with Gasteiger partial charge in [-0.15, -0.1) is 0 Å². The number of carboxylic acid groups (broad SMARTS) is 1. The highest BCUT2D eigenvalue weighted by atomic mass is 16.5. The van der Waals surface area contributed by atoms with E-state index in [9.17, 15) is 9.59 Å². The van der Waals surface area contributed by atoms with Crippen LogP contribution in [0.2, 0.25) is 0 Å². The summed E-state index contributed by atoms with van der Waals surface area (Å²) in [5.41, 5.74) is 0. The molecule has 1 atom stereocenters. The second-order valence-corrected chi connectivity index (χ2v) is 4.50. The summed E-state index contributed by atoms with van der Waals surface area (Å²) in [6, 6.07) is 0.299. The van der Waals surface area contributed by atoms with Crippen LogP contribution in [0, 0.1) is 0 Å². The Morgan fingerprint density at radius 2 is 2.00 bits per heavy atom. The maximum absolute atomic E-state index is 11.5. The van der Waals surface area contributed by atoms with E-state index in [-0.39, 0.29) is 18.9 Å². The smallest absolute Gasteiger partial charge is 0.332 e. The normalized spacial score (nSPS) is 18.6. The fourth-order valence-electron chi connectivity index (χ4n) is 1.95. The fraction of sp³-hybridized carbons (Fsp3) is 0.833. The lowest BCUT2D eigenvalue weighted by atomic mass is 9.95. The predicted molar refractivity (Wildman–Crippen MR) is 62.7 cm³/mol. The van der Waals surface area contributed by atoms with Crippen molar-refractivity contribution in [2.75, 3.05) is 6.61 Å². The summed E-state index contributed by atoms with van der Waals surface area (Å²) in [6.45, 7) is 1.62. The van der Waals surface area contributed by atoms with Crippen molar-refractivity contribution in [3.8, 4) is 0 Å². The van der Waals surface area contributed by atoms with Crippen LogP contribution in [0.25, 0.3) is 0 Å². The third-order valence-corrected chi connectivity index (χ3v) is 3.02. The minimum atomic E-state index is -1.00. The largest absolute Gasteiger partial charge is 0.479 e. The average molecular weight is 243 g/mol. The van der Waals surface area contributed by atoms with Crippen LogP contribution in [0.3, 0.4) is 0 Å². The molecule has 5 heteroatoms. The van der Waals surface area contributed by atoms with Gasteiger partial charge in [-0.3, -0.25) is 4.79 Å². The number of carbonyl (C=O) groups is 2. The van der Waals surface area contributed by atoms with Gasteiger partial charge in [0.1, 0.15) is 0 Å². The molecule has 0 spiro atoms. The van der Waals surface area contributed by atoms with Gasteiger partial charge in [0.25, 0.3) is 0 Å². The zero-order chi connectivity index (χ0) is 12.7. The maximum Gasteiger partial charge on any atom is 0.332 e. The van der Waals surface area contributed by atoms with E-state index in [1.165, 1.54) is 26.2 Å². The Kier molecular flexibility index (Phi) is 5.97. The molecule has 1 unspecified atom stereocenters. The number of nitrogens with one attached hydrogen (secondary N) is 1. The molecule has 1 saturated carbocycles. The van der Waals surface area contributed by atoms with E-state index in [0.717, 1.165) is 12.8 Å². The van der Waals surface area contributed by atoms with E-state index < -0.39 is 12.1 Å². The standard InChI is InChI=1S/C12H21NO4/c1-9(12(15)16)17-8-7-11(14)13-10-5-3-2-4-6-10/h9-10H,2-8H2,1H3,(H,13,14)(H,15,16). The van der Waals surface area contributed by atoms with Crippen molar-refractivity contribution in [1.29, 1.82) is 0 Å².